The maximum atomic E-state index is 2.58. The predicted molar refractivity (Wildman–Crippen MR) is 92.9 cm³/mol. The van der Waals surface area contributed by atoms with Gasteiger partial charge in [0.2, 0.25) is 0 Å². The van der Waals surface area contributed by atoms with E-state index < -0.39 is 0 Å². The Kier molecular flexibility index (Phi) is 4.91. The molecule has 0 radical (unpaired) electrons. The van der Waals surface area contributed by atoms with E-state index in [1.165, 1.54) is 48.4 Å². The van der Waals surface area contributed by atoms with Gasteiger partial charge in [0.05, 0.1) is 0 Å². The molecular weight excluding hydrogens is 268 g/mol. The van der Waals surface area contributed by atoms with Gasteiger partial charge in [0.15, 0.2) is 0 Å². The summed E-state index contributed by atoms with van der Waals surface area (Å²) in [6, 6.07) is 17.6. The van der Waals surface area contributed by atoms with E-state index in [0.717, 1.165) is 13.1 Å². The molecule has 2 nitrogen and oxygen atoms in total. The second-order valence-electron chi connectivity index (χ2n) is 6.47. The summed E-state index contributed by atoms with van der Waals surface area (Å²) in [5, 5.41) is 0. The molecule has 0 aliphatic carbocycles. The fourth-order valence-corrected chi connectivity index (χ4v) is 3.21. The van der Waals surface area contributed by atoms with E-state index in [1.807, 2.05) is 0 Å². The van der Waals surface area contributed by atoms with Gasteiger partial charge in [-0.1, -0.05) is 54.1 Å². The first-order valence-corrected chi connectivity index (χ1v) is 8.25. The molecule has 2 aromatic carbocycles. The molecule has 0 aromatic heterocycles. The highest BCUT2D eigenvalue weighted by Gasteiger charge is 2.17. The first kappa shape index (κ1) is 15.3. The van der Waals surface area contributed by atoms with Gasteiger partial charge >= 0.3 is 0 Å². The smallest absolute Gasteiger partial charge is 0.0237 e. The summed E-state index contributed by atoms with van der Waals surface area (Å²) in [5.74, 6) is 0. The van der Waals surface area contributed by atoms with Crippen molar-refractivity contribution in [3.8, 4) is 0 Å². The molecule has 1 fully saturated rings. The Morgan fingerprint density at radius 2 is 1.41 bits per heavy atom. The molecule has 22 heavy (non-hydrogen) atoms. The second-order valence-corrected chi connectivity index (χ2v) is 6.47. The zero-order valence-corrected chi connectivity index (χ0v) is 13.8. The van der Waals surface area contributed by atoms with Crippen molar-refractivity contribution in [1.82, 2.24) is 9.80 Å². The minimum atomic E-state index is 1.08. The molecule has 1 aliphatic rings. The summed E-state index contributed by atoms with van der Waals surface area (Å²) in [7, 11) is 0. The zero-order chi connectivity index (χ0) is 15.4. The average molecular weight is 294 g/mol. The molecule has 1 saturated heterocycles. The summed E-state index contributed by atoms with van der Waals surface area (Å²) in [5.41, 5.74) is 5.67. The monoisotopic (exact) mass is 294 g/mol. The third-order valence-corrected chi connectivity index (χ3v) is 4.61. The van der Waals surface area contributed by atoms with E-state index in [0.29, 0.717) is 0 Å². The van der Waals surface area contributed by atoms with Gasteiger partial charge in [-0.05, 0) is 30.5 Å². The van der Waals surface area contributed by atoms with Gasteiger partial charge in [0.1, 0.15) is 0 Å². The zero-order valence-electron chi connectivity index (χ0n) is 13.8. The third kappa shape index (κ3) is 3.96. The van der Waals surface area contributed by atoms with Crippen molar-refractivity contribution < 1.29 is 0 Å². The molecule has 0 bridgehead atoms. The number of rotatable bonds is 4. The average Bonchev–Trinajstić information content (AvgIpc) is 2.53. The molecule has 0 atom stereocenters. The Morgan fingerprint density at radius 1 is 0.773 bits per heavy atom. The lowest BCUT2D eigenvalue weighted by molar-refractivity contribution is 0.122. The van der Waals surface area contributed by atoms with Gasteiger partial charge < -0.3 is 0 Å². The van der Waals surface area contributed by atoms with E-state index in [-0.39, 0.29) is 0 Å². The van der Waals surface area contributed by atoms with E-state index in [4.69, 9.17) is 0 Å². The van der Waals surface area contributed by atoms with Crippen LogP contribution in [0.2, 0.25) is 0 Å². The third-order valence-electron chi connectivity index (χ3n) is 4.61. The highest BCUT2D eigenvalue weighted by atomic mass is 15.3. The fourth-order valence-electron chi connectivity index (χ4n) is 3.21. The summed E-state index contributed by atoms with van der Waals surface area (Å²) in [4.78, 5) is 5.15. The maximum absolute atomic E-state index is 2.58. The van der Waals surface area contributed by atoms with Crippen molar-refractivity contribution >= 4 is 0 Å². The molecule has 0 saturated carbocycles. The van der Waals surface area contributed by atoms with Crippen LogP contribution in [0.3, 0.4) is 0 Å². The van der Waals surface area contributed by atoms with E-state index in [9.17, 15) is 0 Å². The van der Waals surface area contributed by atoms with Crippen molar-refractivity contribution in [3.63, 3.8) is 0 Å². The van der Waals surface area contributed by atoms with Gasteiger partial charge in [-0.3, -0.25) is 9.80 Å². The summed E-state index contributed by atoms with van der Waals surface area (Å²) in [6.45, 7) is 11.2. The quantitative estimate of drug-likeness (QED) is 0.850. The van der Waals surface area contributed by atoms with Gasteiger partial charge in [0, 0.05) is 39.3 Å². The van der Waals surface area contributed by atoms with Crippen molar-refractivity contribution in [2.45, 2.75) is 26.9 Å². The largest absolute Gasteiger partial charge is 0.297 e. The molecule has 1 heterocycles. The van der Waals surface area contributed by atoms with Crippen LogP contribution in [-0.2, 0) is 13.1 Å². The van der Waals surface area contributed by atoms with Crippen molar-refractivity contribution in [1.29, 1.82) is 0 Å². The molecule has 1 aliphatic heterocycles. The van der Waals surface area contributed by atoms with Crippen molar-refractivity contribution in [3.05, 3.63) is 70.8 Å². The maximum Gasteiger partial charge on any atom is 0.0237 e. The molecule has 0 spiro atoms. The van der Waals surface area contributed by atoms with Gasteiger partial charge in [-0.2, -0.15) is 0 Å². The highest BCUT2D eigenvalue weighted by Crippen LogP contribution is 2.15. The highest BCUT2D eigenvalue weighted by molar-refractivity contribution is 5.30. The summed E-state index contributed by atoms with van der Waals surface area (Å²) in [6.07, 6.45) is 0. The Balaban J connectivity index is 1.51. The summed E-state index contributed by atoms with van der Waals surface area (Å²) < 4.78 is 0. The second kappa shape index (κ2) is 7.08. The molecule has 0 N–H and O–H groups in total. The molecule has 3 rings (SSSR count). The Labute approximate surface area is 134 Å². The minimum Gasteiger partial charge on any atom is -0.297 e. The molecule has 2 heteroatoms. The van der Waals surface area contributed by atoms with E-state index in [1.54, 1.807) is 0 Å². The van der Waals surface area contributed by atoms with E-state index in [2.05, 4.69) is 72.2 Å². The first-order chi connectivity index (χ1) is 10.7. The Morgan fingerprint density at radius 3 is 2.05 bits per heavy atom. The van der Waals surface area contributed by atoms with Crippen LogP contribution in [0, 0.1) is 13.8 Å². The number of nitrogens with zero attached hydrogens (tertiary/aromatic N) is 2. The van der Waals surface area contributed by atoms with Crippen LogP contribution >= 0.6 is 0 Å². The fraction of sp³-hybridized carbons (Fsp3) is 0.400. The van der Waals surface area contributed by atoms with Crippen LogP contribution in [0.25, 0.3) is 0 Å². The van der Waals surface area contributed by atoms with Crippen LogP contribution in [0.1, 0.15) is 22.3 Å². The Hall–Kier alpha value is -1.64. The van der Waals surface area contributed by atoms with Crippen LogP contribution in [0.5, 0.6) is 0 Å². The Bertz CT molecular complexity index is 598. The first-order valence-electron chi connectivity index (χ1n) is 8.25. The van der Waals surface area contributed by atoms with E-state index >= 15 is 0 Å². The van der Waals surface area contributed by atoms with Crippen molar-refractivity contribution in [2.24, 2.45) is 0 Å². The van der Waals surface area contributed by atoms with Crippen LogP contribution in [0.4, 0.5) is 0 Å². The number of aryl methyl sites for hydroxylation is 2. The SMILES string of the molecule is Cc1ccc(CN2CCN(Cc3ccccc3)CC2)c(C)c1. The lowest BCUT2D eigenvalue weighted by atomic mass is 10.1. The molecule has 0 unspecified atom stereocenters. The van der Waals surface area contributed by atoms with Crippen molar-refractivity contribution in [2.75, 3.05) is 26.2 Å². The standard InChI is InChI=1S/C20H26N2/c1-17-8-9-20(18(2)14-17)16-22-12-10-21(11-13-22)15-19-6-4-3-5-7-19/h3-9,14H,10-13,15-16H2,1-2H3. The van der Waals surface area contributed by atoms with Gasteiger partial charge in [0.25, 0.3) is 0 Å². The number of hydrogen-bond acceptors (Lipinski definition) is 2. The lowest BCUT2D eigenvalue weighted by Crippen LogP contribution is -2.45. The summed E-state index contributed by atoms with van der Waals surface area (Å²) >= 11 is 0. The number of hydrogen-bond donors (Lipinski definition) is 0. The molecule has 116 valence electrons. The minimum absolute atomic E-state index is 1.08. The number of piperazine rings is 1. The lowest BCUT2D eigenvalue weighted by Gasteiger charge is -2.35. The number of benzene rings is 2. The van der Waals surface area contributed by atoms with Gasteiger partial charge in [-0.15, -0.1) is 0 Å². The topological polar surface area (TPSA) is 6.48 Å². The molecular formula is C20H26N2. The predicted octanol–water partition coefficient (Wildman–Crippen LogP) is 3.62. The van der Waals surface area contributed by atoms with Crippen LogP contribution < -0.4 is 0 Å². The van der Waals surface area contributed by atoms with Gasteiger partial charge in [-0.25, -0.2) is 0 Å². The normalized spacial score (nSPS) is 16.8. The molecule has 0 amide bonds. The van der Waals surface area contributed by atoms with Crippen LogP contribution in [-0.4, -0.2) is 36.0 Å². The molecule has 2 aromatic rings. The van der Waals surface area contributed by atoms with Crippen LogP contribution in [0.15, 0.2) is 48.5 Å².